The van der Waals surface area contributed by atoms with Gasteiger partial charge in [-0.05, 0) is 45.9 Å². The molecule has 0 aliphatic carbocycles. The SMILES string of the molecule is CC(C)c1cccc(C(C)C)c1OC(=O)CCC(=O)NCCN1CCOCC1.CC(C)c1cccc(C(C)C)c1OC(=O)CCC(=O)NCC[NH+]1CCOCC1.Cl.Cl. The van der Waals surface area contributed by atoms with E-state index >= 15 is 0 Å². The van der Waals surface area contributed by atoms with Gasteiger partial charge in [0.1, 0.15) is 24.6 Å². The highest BCUT2D eigenvalue weighted by Crippen LogP contribution is 2.36. The zero-order valence-electron chi connectivity index (χ0n) is 36.1. The molecule has 3 N–H and O–H groups in total. The van der Waals surface area contributed by atoms with Gasteiger partial charge in [-0.15, -0.1) is 24.8 Å². The fourth-order valence-electron chi connectivity index (χ4n) is 6.61. The summed E-state index contributed by atoms with van der Waals surface area (Å²) in [6.45, 7) is 26.4. The topological polar surface area (TPSA) is 137 Å². The molecule has 12 nitrogen and oxygen atoms in total. The van der Waals surface area contributed by atoms with Gasteiger partial charge in [-0.3, -0.25) is 24.1 Å². The summed E-state index contributed by atoms with van der Waals surface area (Å²) >= 11 is 0. The molecule has 2 aliphatic rings. The molecule has 0 aromatic heterocycles. The van der Waals surface area contributed by atoms with Crippen LogP contribution in [0.3, 0.4) is 0 Å². The van der Waals surface area contributed by atoms with Crippen molar-refractivity contribution in [2.45, 2.75) is 105 Å². The van der Waals surface area contributed by atoms with Gasteiger partial charge in [-0.1, -0.05) is 91.8 Å². The lowest BCUT2D eigenvalue weighted by Crippen LogP contribution is -3.14. The van der Waals surface area contributed by atoms with Crippen molar-refractivity contribution in [2.24, 2.45) is 0 Å². The van der Waals surface area contributed by atoms with Crippen molar-refractivity contribution in [3.63, 3.8) is 0 Å². The number of halogens is 2. The Labute approximate surface area is 359 Å². The first-order valence-corrected chi connectivity index (χ1v) is 20.7. The van der Waals surface area contributed by atoms with Crippen molar-refractivity contribution in [3.05, 3.63) is 58.7 Å². The highest BCUT2D eigenvalue weighted by atomic mass is 35.5. The van der Waals surface area contributed by atoms with Gasteiger partial charge in [0, 0.05) is 39.0 Å². The number of quaternary nitrogens is 1. The summed E-state index contributed by atoms with van der Waals surface area (Å²) in [5.74, 6) is 1.40. The Morgan fingerprint density at radius 1 is 0.603 bits per heavy atom. The Morgan fingerprint density at radius 3 is 1.38 bits per heavy atom. The minimum atomic E-state index is -0.363. The number of hydrogen-bond acceptors (Lipinski definition) is 9. The van der Waals surface area contributed by atoms with Crippen molar-refractivity contribution < 1.29 is 43.0 Å². The number of morpholine rings is 2. The largest absolute Gasteiger partial charge is 0.426 e. The van der Waals surface area contributed by atoms with E-state index < -0.39 is 0 Å². The summed E-state index contributed by atoms with van der Waals surface area (Å²) < 4.78 is 22.1. The number of rotatable bonds is 18. The van der Waals surface area contributed by atoms with Gasteiger partial charge in [-0.25, -0.2) is 0 Å². The fraction of sp³-hybridized carbons (Fsp3) is 0.636. The number of amides is 2. The Morgan fingerprint density at radius 2 is 0.983 bits per heavy atom. The van der Waals surface area contributed by atoms with Crippen LogP contribution in [0.2, 0.25) is 0 Å². The molecule has 2 aromatic carbocycles. The molecule has 2 aromatic rings. The summed E-state index contributed by atoms with van der Waals surface area (Å²) in [4.78, 5) is 52.5. The minimum absolute atomic E-state index is 0. The third kappa shape index (κ3) is 18.8. The maximum atomic E-state index is 12.4. The van der Waals surface area contributed by atoms with E-state index in [1.807, 2.05) is 36.4 Å². The number of esters is 2. The molecule has 2 saturated heterocycles. The highest BCUT2D eigenvalue weighted by Gasteiger charge is 2.21. The standard InChI is InChI=1S/2C22H34N2O4.2ClH/c2*1-16(2)18-6-5-7-19(17(3)4)22(18)28-21(26)9-8-20(25)23-10-11-24-12-14-27-15-13-24;;/h2*5-7,16-17H,8-15H2,1-4H3,(H,23,25);2*1H/p+1. The fourth-order valence-corrected chi connectivity index (χ4v) is 6.61. The molecule has 0 bridgehead atoms. The first-order chi connectivity index (χ1) is 26.8. The maximum absolute atomic E-state index is 12.4. The molecule has 0 saturated carbocycles. The van der Waals surface area contributed by atoms with Gasteiger partial charge in [-0.2, -0.15) is 0 Å². The van der Waals surface area contributed by atoms with Crippen LogP contribution < -0.4 is 25.0 Å². The van der Waals surface area contributed by atoms with Gasteiger partial charge in [0.2, 0.25) is 11.8 Å². The van der Waals surface area contributed by atoms with Crippen molar-refractivity contribution in [1.29, 1.82) is 0 Å². The summed E-state index contributed by atoms with van der Waals surface area (Å²) in [5, 5.41) is 5.78. The smallest absolute Gasteiger partial charge is 0.311 e. The van der Waals surface area contributed by atoms with E-state index in [1.54, 1.807) is 0 Å². The molecule has 0 unspecified atom stereocenters. The van der Waals surface area contributed by atoms with Crippen molar-refractivity contribution >= 4 is 48.6 Å². The lowest BCUT2D eigenvalue weighted by atomic mass is 9.94. The van der Waals surface area contributed by atoms with Gasteiger partial charge in [0.05, 0.1) is 52.4 Å². The van der Waals surface area contributed by atoms with Crippen molar-refractivity contribution in [1.82, 2.24) is 15.5 Å². The van der Waals surface area contributed by atoms with Gasteiger partial charge in [0.15, 0.2) is 0 Å². The molecule has 328 valence electrons. The number of ether oxygens (including phenoxy) is 4. The normalized spacial score (nSPS) is 14.6. The number of benzene rings is 2. The summed E-state index contributed by atoms with van der Waals surface area (Å²) in [7, 11) is 0. The molecule has 0 spiro atoms. The molecule has 2 amide bonds. The quantitative estimate of drug-likeness (QED) is 0.130. The third-order valence-electron chi connectivity index (χ3n) is 10.0. The number of carbonyl (C=O) groups excluding carboxylic acids is 4. The van der Waals surface area contributed by atoms with Crippen LogP contribution in [0.4, 0.5) is 0 Å². The van der Waals surface area contributed by atoms with E-state index in [9.17, 15) is 19.2 Å². The van der Waals surface area contributed by atoms with Crippen LogP contribution in [0.5, 0.6) is 11.5 Å². The van der Waals surface area contributed by atoms with E-state index in [2.05, 4.69) is 70.9 Å². The Bertz CT molecular complexity index is 1380. The second-order valence-corrected chi connectivity index (χ2v) is 15.9. The van der Waals surface area contributed by atoms with E-state index in [-0.39, 0.29) is 97.9 Å². The number of hydrogen-bond donors (Lipinski definition) is 3. The number of para-hydroxylation sites is 2. The summed E-state index contributed by atoms with van der Waals surface area (Å²) in [5.41, 5.74) is 4.10. The second kappa shape index (κ2) is 28.3. The van der Waals surface area contributed by atoms with Crippen LogP contribution >= 0.6 is 24.8 Å². The Kier molecular flexibility index (Phi) is 25.7. The zero-order chi connectivity index (χ0) is 41.0. The van der Waals surface area contributed by atoms with Gasteiger partial charge >= 0.3 is 11.9 Å². The van der Waals surface area contributed by atoms with E-state index in [4.69, 9.17) is 18.9 Å². The molecule has 2 fully saturated rings. The lowest BCUT2D eigenvalue weighted by Gasteiger charge is -2.26. The average Bonchev–Trinajstić information content (AvgIpc) is 3.17. The minimum Gasteiger partial charge on any atom is -0.426 e. The second-order valence-electron chi connectivity index (χ2n) is 15.9. The third-order valence-corrected chi connectivity index (χ3v) is 10.0. The van der Waals surface area contributed by atoms with E-state index in [0.717, 1.165) is 87.9 Å². The monoisotopic (exact) mass is 853 g/mol. The van der Waals surface area contributed by atoms with E-state index in [0.29, 0.717) is 24.6 Å². The first-order valence-electron chi connectivity index (χ1n) is 20.7. The Balaban J connectivity index is 0.000000561. The maximum Gasteiger partial charge on any atom is 0.311 e. The highest BCUT2D eigenvalue weighted by molar-refractivity contribution is 5.86. The van der Waals surface area contributed by atoms with Gasteiger partial charge in [0.25, 0.3) is 0 Å². The lowest BCUT2D eigenvalue weighted by molar-refractivity contribution is -0.906. The van der Waals surface area contributed by atoms with Crippen LogP contribution in [0.15, 0.2) is 36.4 Å². The van der Waals surface area contributed by atoms with Crippen LogP contribution in [0.25, 0.3) is 0 Å². The molecule has 0 atom stereocenters. The zero-order valence-corrected chi connectivity index (χ0v) is 37.7. The molecule has 2 heterocycles. The molecule has 4 rings (SSSR count). The van der Waals surface area contributed by atoms with Crippen LogP contribution in [0.1, 0.15) is 127 Å². The summed E-state index contributed by atoms with van der Waals surface area (Å²) in [6, 6.07) is 12.0. The molecule has 0 radical (unpaired) electrons. The predicted octanol–water partition coefficient (Wildman–Crippen LogP) is 5.56. The first kappa shape index (κ1) is 52.8. The van der Waals surface area contributed by atoms with Crippen molar-refractivity contribution in [3.8, 4) is 11.5 Å². The molecule has 58 heavy (non-hydrogen) atoms. The van der Waals surface area contributed by atoms with Crippen LogP contribution in [-0.4, -0.2) is 107 Å². The van der Waals surface area contributed by atoms with Gasteiger partial charge < -0.3 is 34.5 Å². The summed E-state index contributed by atoms with van der Waals surface area (Å²) in [6.07, 6.45) is 0.453. The number of carbonyl (C=O) groups is 4. The van der Waals surface area contributed by atoms with E-state index in [1.165, 1.54) is 4.90 Å². The molecule has 14 heteroatoms. The molecular weight excluding hydrogens is 783 g/mol. The average molecular weight is 855 g/mol. The van der Waals surface area contributed by atoms with Crippen molar-refractivity contribution in [2.75, 3.05) is 78.8 Å². The van der Waals surface area contributed by atoms with Crippen LogP contribution in [-0.2, 0) is 28.7 Å². The Hall–Kier alpha value is -3.26. The molecular formula is C44H71Cl2N4O8+. The number of nitrogens with zero attached hydrogens (tertiary/aromatic N) is 1. The van der Waals surface area contributed by atoms with Crippen LogP contribution in [0, 0.1) is 0 Å². The number of nitrogens with one attached hydrogen (secondary N) is 3. The molecule has 2 aliphatic heterocycles. The predicted molar refractivity (Wildman–Crippen MR) is 233 cm³/mol.